The SMILES string of the molecule is COc1cc(C(O[Si](c2ccccc2)c2ccccc2)C(C)(C)C)cc(C=O)c1F. The molecule has 0 saturated heterocycles. The molecule has 0 aliphatic heterocycles. The van der Waals surface area contributed by atoms with E-state index in [1.807, 2.05) is 36.4 Å². The minimum absolute atomic E-state index is 0.0320. The van der Waals surface area contributed by atoms with Crippen LogP contribution in [-0.4, -0.2) is 22.4 Å². The van der Waals surface area contributed by atoms with Crippen molar-refractivity contribution in [2.75, 3.05) is 7.11 Å². The van der Waals surface area contributed by atoms with E-state index in [1.54, 1.807) is 12.1 Å². The number of carbonyl (C=O) groups is 1. The van der Waals surface area contributed by atoms with Crippen molar-refractivity contribution >= 4 is 25.7 Å². The quantitative estimate of drug-likeness (QED) is 0.415. The molecular formula is C25H26FO3Si. The number of ether oxygens (including phenoxy) is 1. The van der Waals surface area contributed by atoms with Gasteiger partial charge in [-0.1, -0.05) is 81.4 Å². The molecule has 5 heteroatoms. The van der Waals surface area contributed by atoms with Crippen LogP contribution in [0.25, 0.3) is 0 Å². The van der Waals surface area contributed by atoms with Gasteiger partial charge in [0.15, 0.2) is 17.9 Å². The molecule has 0 heterocycles. The summed E-state index contributed by atoms with van der Waals surface area (Å²) in [5, 5.41) is 2.24. The van der Waals surface area contributed by atoms with Crippen molar-refractivity contribution in [1.82, 2.24) is 0 Å². The fraction of sp³-hybridized carbons (Fsp3) is 0.240. The zero-order valence-corrected chi connectivity index (χ0v) is 18.7. The van der Waals surface area contributed by atoms with E-state index in [4.69, 9.17) is 9.16 Å². The first kappa shape index (κ1) is 21.9. The highest BCUT2D eigenvalue weighted by molar-refractivity contribution is 6.80. The van der Waals surface area contributed by atoms with Gasteiger partial charge in [0.2, 0.25) is 0 Å². The lowest BCUT2D eigenvalue weighted by Crippen LogP contribution is -2.47. The highest BCUT2D eigenvalue weighted by atomic mass is 28.3. The van der Waals surface area contributed by atoms with Gasteiger partial charge < -0.3 is 9.16 Å². The number of benzene rings is 3. The zero-order valence-electron chi connectivity index (χ0n) is 17.7. The lowest BCUT2D eigenvalue weighted by atomic mass is 9.84. The minimum Gasteiger partial charge on any atom is -0.494 e. The summed E-state index contributed by atoms with van der Waals surface area (Å²) in [5.41, 5.74) is 0.384. The van der Waals surface area contributed by atoms with E-state index in [0.29, 0.717) is 6.29 Å². The van der Waals surface area contributed by atoms with Crippen LogP contribution in [-0.2, 0) is 4.43 Å². The van der Waals surface area contributed by atoms with Crippen molar-refractivity contribution in [3.05, 3.63) is 89.7 Å². The Kier molecular flexibility index (Phi) is 6.85. The molecule has 0 bridgehead atoms. The molecule has 0 N–H and O–H groups in total. The molecule has 0 aliphatic rings. The van der Waals surface area contributed by atoms with Crippen LogP contribution in [0.2, 0.25) is 0 Å². The molecule has 3 rings (SSSR count). The molecule has 0 aromatic heterocycles. The lowest BCUT2D eigenvalue weighted by molar-refractivity contribution is 0.0892. The van der Waals surface area contributed by atoms with Gasteiger partial charge in [-0.25, -0.2) is 4.39 Å². The summed E-state index contributed by atoms with van der Waals surface area (Å²) >= 11 is 0. The largest absolute Gasteiger partial charge is 0.494 e. The van der Waals surface area contributed by atoms with Crippen molar-refractivity contribution < 1.29 is 18.3 Å². The fourth-order valence-corrected chi connectivity index (χ4v) is 5.69. The molecule has 3 aromatic rings. The van der Waals surface area contributed by atoms with Gasteiger partial charge in [-0.05, 0) is 33.5 Å². The standard InChI is InChI=1S/C25H26FO3Si/c1-25(2,3)24(18-15-19(17-27)23(26)22(16-18)28-4)29-30(20-11-7-5-8-12-20)21-13-9-6-10-14-21/h5-17,24H,1-4H3. The molecule has 155 valence electrons. The predicted octanol–water partition coefficient (Wildman–Crippen LogP) is 4.56. The van der Waals surface area contributed by atoms with Gasteiger partial charge in [-0.15, -0.1) is 0 Å². The summed E-state index contributed by atoms with van der Waals surface area (Å²) in [4.78, 5) is 11.5. The van der Waals surface area contributed by atoms with Crippen molar-refractivity contribution in [2.45, 2.75) is 26.9 Å². The van der Waals surface area contributed by atoms with Gasteiger partial charge in [-0.3, -0.25) is 4.79 Å². The number of hydrogen-bond donors (Lipinski definition) is 0. The van der Waals surface area contributed by atoms with E-state index in [0.717, 1.165) is 15.9 Å². The van der Waals surface area contributed by atoms with Gasteiger partial charge >= 0.3 is 0 Å². The van der Waals surface area contributed by atoms with Crippen LogP contribution < -0.4 is 15.1 Å². The van der Waals surface area contributed by atoms with Gasteiger partial charge in [0.05, 0.1) is 18.8 Å². The van der Waals surface area contributed by atoms with Gasteiger partial charge in [0, 0.05) is 0 Å². The summed E-state index contributed by atoms with van der Waals surface area (Å²) in [6.45, 7) is 6.22. The molecule has 3 nitrogen and oxygen atoms in total. The second kappa shape index (κ2) is 9.37. The summed E-state index contributed by atoms with van der Waals surface area (Å²) in [5.74, 6) is -0.610. The third-order valence-electron chi connectivity index (χ3n) is 4.83. The van der Waals surface area contributed by atoms with E-state index < -0.39 is 14.9 Å². The van der Waals surface area contributed by atoms with E-state index in [1.165, 1.54) is 7.11 Å². The molecule has 30 heavy (non-hydrogen) atoms. The maximum Gasteiger partial charge on any atom is 0.283 e. The van der Waals surface area contributed by atoms with Crippen LogP contribution in [0.15, 0.2) is 72.8 Å². The Balaban J connectivity index is 2.11. The zero-order chi connectivity index (χ0) is 21.7. The average Bonchev–Trinajstić information content (AvgIpc) is 2.75. The number of halogens is 1. The van der Waals surface area contributed by atoms with Crippen LogP contribution in [0.5, 0.6) is 5.75 Å². The van der Waals surface area contributed by atoms with Gasteiger partial charge in [0.25, 0.3) is 9.04 Å². The van der Waals surface area contributed by atoms with Crippen LogP contribution >= 0.6 is 0 Å². The van der Waals surface area contributed by atoms with E-state index in [9.17, 15) is 9.18 Å². The second-order valence-electron chi connectivity index (χ2n) is 8.17. The highest BCUT2D eigenvalue weighted by Crippen LogP contribution is 2.39. The van der Waals surface area contributed by atoms with Crippen LogP contribution in [0.4, 0.5) is 4.39 Å². The summed E-state index contributed by atoms with van der Waals surface area (Å²) < 4.78 is 26.4. The first-order valence-corrected chi connectivity index (χ1v) is 11.2. The highest BCUT2D eigenvalue weighted by Gasteiger charge is 2.33. The number of rotatable bonds is 7. The molecule has 1 atom stereocenters. The van der Waals surface area contributed by atoms with Crippen LogP contribution in [0.3, 0.4) is 0 Å². The molecule has 0 aliphatic carbocycles. The Labute approximate surface area is 179 Å². The first-order valence-electron chi connectivity index (χ1n) is 9.82. The first-order chi connectivity index (χ1) is 14.3. The smallest absolute Gasteiger partial charge is 0.283 e. The fourth-order valence-electron chi connectivity index (χ4n) is 3.37. The Morgan fingerprint density at radius 2 is 1.47 bits per heavy atom. The monoisotopic (exact) mass is 421 g/mol. The normalized spacial score (nSPS) is 12.6. The third kappa shape index (κ3) is 4.86. The van der Waals surface area contributed by atoms with Crippen LogP contribution in [0, 0.1) is 11.2 Å². The molecule has 0 amide bonds. The lowest BCUT2D eigenvalue weighted by Gasteiger charge is -2.34. The van der Waals surface area contributed by atoms with Gasteiger partial charge in [0.1, 0.15) is 0 Å². The average molecular weight is 422 g/mol. The Morgan fingerprint density at radius 3 is 1.90 bits per heavy atom. The predicted molar refractivity (Wildman–Crippen MR) is 120 cm³/mol. The molecule has 3 aromatic carbocycles. The maximum atomic E-state index is 14.4. The number of methoxy groups -OCH3 is 1. The van der Waals surface area contributed by atoms with Crippen LogP contribution in [0.1, 0.15) is 42.8 Å². The van der Waals surface area contributed by atoms with Gasteiger partial charge in [-0.2, -0.15) is 0 Å². The third-order valence-corrected chi connectivity index (χ3v) is 7.02. The molecule has 0 spiro atoms. The molecule has 1 unspecified atom stereocenters. The van der Waals surface area contributed by atoms with Crippen molar-refractivity contribution in [2.24, 2.45) is 5.41 Å². The van der Waals surface area contributed by atoms with E-state index in [-0.39, 0.29) is 22.8 Å². The number of aldehydes is 1. The second-order valence-corrected chi connectivity index (χ2v) is 10.2. The summed E-state index contributed by atoms with van der Waals surface area (Å²) in [7, 11) is -0.204. The topological polar surface area (TPSA) is 35.5 Å². The van der Waals surface area contributed by atoms with Crippen molar-refractivity contribution in [3.8, 4) is 5.75 Å². The maximum absolute atomic E-state index is 14.4. The molecule has 1 radical (unpaired) electrons. The van der Waals surface area contributed by atoms with E-state index in [2.05, 4.69) is 45.0 Å². The Morgan fingerprint density at radius 1 is 0.933 bits per heavy atom. The Bertz CT molecular complexity index is 945. The Hall–Kier alpha value is -2.76. The molecule has 0 saturated carbocycles. The summed E-state index contributed by atoms with van der Waals surface area (Å²) in [6.07, 6.45) is 0.140. The minimum atomic E-state index is -1.60. The number of hydrogen-bond acceptors (Lipinski definition) is 3. The molecular weight excluding hydrogens is 395 g/mol. The molecule has 0 fully saturated rings. The summed E-state index contributed by atoms with van der Waals surface area (Å²) in [6, 6.07) is 23.5. The van der Waals surface area contributed by atoms with Crippen molar-refractivity contribution in [1.29, 1.82) is 0 Å². The van der Waals surface area contributed by atoms with Crippen molar-refractivity contribution in [3.63, 3.8) is 0 Å². The number of carbonyl (C=O) groups excluding carboxylic acids is 1. The van der Waals surface area contributed by atoms with E-state index >= 15 is 0 Å².